The van der Waals surface area contributed by atoms with Crippen molar-refractivity contribution in [1.29, 1.82) is 0 Å². The second-order valence-electron chi connectivity index (χ2n) is 7.68. The van der Waals surface area contributed by atoms with E-state index in [0.29, 0.717) is 22.7 Å². The number of hydrogen-bond acceptors (Lipinski definition) is 6. The summed E-state index contributed by atoms with van der Waals surface area (Å²) in [6.45, 7) is 3.92. The number of aromatic nitrogens is 1. The van der Waals surface area contributed by atoms with Crippen LogP contribution in [-0.4, -0.2) is 42.6 Å². The molecule has 0 bridgehead atoms. The lowest BCUT2D eigenvalue weighted by Crippen LogP contribution is -2.33. The number of alkyl halides is 1. The van der Waals surface area contributed by atoms with E-state index in [1.54, 1.807) is 25.3 Å². The molecule has 0 spiro atoms. The van der Waals surface area contributed by atoms with E-state index < -0.39 is 39.6 Å². The van der Waals surface area contributed by atoms with Crippen LogP contribution in [0.25, 0.3) is 0 Å². The molecule has 1 aliphatic carbocycles. The molecule has 3 heterocycles. The minimum Gasteiger partial charge on any atom is -0.388 e. The molecular formula is C20H23F2N3O3S2. The molecule has 162 valence electrons. The third-order valence-electron chi connectivity index (χ3n) is 5.60. The number of pyridine rings is 1. The molecule has 1 aromatic heterocycles. The largest absolute Gasteiger partial charge is 0.388 e. The van der Waals surface area contributed by atoms with Crippen LogP contribution in [0, 0.1) is 0 Å². The molecule has 4 rings (SSSR count). The lowest BCUT2D eigenvalue weighted by atomic mass is 9.86. The standard InChI is InChI=1S/C20H23F2N3O3S2/c1-10-8-16(11(2)29-10)30(27,28)25-15-6-5-14(21)17(18(15)22)19(26)13-9-24-20-12(13)4-3-7-23-20/h3-4,6-7,10,13-14,19,25-26H,5,8-9H2,1-2H3,(H,23,24). The van der Waals surface area contributed by atoms with Gasteiger partial charge < -0.3 is 10.4 Å². The summed E-state index contributed by atoms with van der Waals surface area (Å²) >= 11 is 1.46. The first-order valence-corrected chi connectivity index (χ1v) is 12.1. The summed E-state index contributed by atoms with van der Waals surface area (Å²) in [5, 5.41) is 14.0. The lowest BCUT2D eigenvalue weighted by molar-refractivity contribution is 0.157. The Labute approximate surface area is 178 Å². The molecule has 3 N–H and O–H groups in total. The number of hydrogen-bond donors (Lipinski definition) is 3. The smallest absolute Gasteiger partial charge is 0.258 e. The number of rotatable bonds is 5. The first-order valence-electron chi connectivity index (χ1n) is 9.69. The van der Waals surface area contributed by atoms with Crippen molar-refractivity contribution in [2.24, 2.45) is 0 Å². The second kappa shape index (κ2) is 7.97. The average molecular weight is 456 g/mol. The number of anilines is 1. The molecular weight excluding hydrogens is 432 g/mol. The molecule has 6 nitrogen and oxygen atoms in total. The number of sulfonamides is 1. The molecule has 4 unspecified atom stereocenters. The maximum absolute atomic E-state index is 15.3. The molecule has 3 aliphatic rings. The molecule has 0 radical (unpaired) electrons. The Morgan fingerprint density at radius 2 is 2.20 bits per heavy atom. The molecule has 10 heteroatoms. The quantitative estimate of drug-likeness (QED) is 0.630. The highest BCUT2D eigenvalue weighted by Crippen LogP contribution is 2.41. The Balaban J connectivity index is 1.62. The Morgan fingerprint density at radius 3 is 2.90 bits per heavy atom. The van der Waals surface area contributed by atoms with Crippen molar-refractivity contribution in [2.75, 3.05) is 11.9 Å². The Kier molecular flexibility index (Phi) is 5.67. The summed E-state index contributed by atoms with van der Waals surface area (Å²) in [5.74, 6) is -1.07. The van der Waals surface area contributed by atoms with Crippen LogP contribution in [0.1, 0.15) is 38.2 Å². The minimum atomic E-state index is -3.97. The molecule has 0 saturated heterocycles. The van der Waals surface area contributed by atoms with Crippen molar-refractivity contribution in [1.82, 2.24) is 9.71 Å². The topological polar surface area (TPSA) is 91.3 Å². The van der Waals surface area contributed by atoms with Crippen LogP contribution < -0.4 is 10.0 Å². The van der Waals surface area contributed by atoms with Crippen LogP contribution in [0.3, 0.4) is 0 Å². The van der Waals surface area contributed by atoms with Crippen molar-refractivity contribution in [3.8, 4) is 0 Å². The SMILES string of the molecule is CC1=C(S(=O)(=O)NC2=CCC(F)C(C(O)C3CNc4ncccc43)=C2F)CC(C)S1. The van der Waals surface area contributed by atoms with Gasteiger partial charge in [-0.15, -0.1) is 11.8 Å². The van der Waals surface area contributed by atoms with Gasteiger partial charge in [0.1, 0.15) is 12.0 Å². The Morgan fingerprint density at radius 1 is 1.43 bits per heavy atom. The molecule has 0 amide bonds. The van der Waals surface area contributed by atoms with Gasteiger partial charge in [0, 0.05) is 41.5 Å². The van der Waals surface area contributed by atoms with Gasteiger partial charge in [0.15, 0.2) is 5.83 Å². The van der Waals surface area contributed by atoms with E-state index in [4.69, 9.17) is 0 Å². The third-order valence-corrected chi connectivity index (χ3v) is 8.50. The number of allylic oxidation sites excluding steroid dienone is 4. The van der Waals surface area contributed by atoms with Crippen LogP contribution >= 0.6 is 11.8 Å². The van der Waals surface area contributed by atoms with E-state index >= 15 is 4.39 Å². The highest BCUT2D eigenvalue weighted by molar-refractivity contribution is 8.05. The predicted molar refractivity (Wildman–Crippen MR) is 114 cm³/mol. The zero-order valence-corrected chi connectivity index (χ0v) is 18.2. The molecule has 0 saturated carbocycles. The number of nitrogens with zero attached hydrogens (tertiary/aromatic N) is 1. The third kappa shape index (κ3) is 3.76. The van der Waals surface area contributed by atoms with E-state index in [0.717, 1.165) is 0 Å². The van der Waals surface area contributed by atoms with Gasteiger partial charge in [0.2, 0.25) is 0 Å². The lowest BCUT2D eigenvalue weighted by Gasteiger charge is -2.27. The van der Waals surface area contributed by atoms with Crippen LogP contribution in [0.5, 0.6) is 0 Å². The summed E-state index contributed by atoms with van der Waals surface area (Å²) in [6, 6.07) is 3.44. The van der Waals surface area contributed by atoms with Crippen molar-refractivity contribution in [2.45, 2.75) is 50.1 Å². The number of nitrogens with one attached hydrogen (secondary N) is 2. The van der Waals surface area contributed by atoms with Gasteiger partial charge in [-0.05, 0) is 24.3 Å². The number of aliphatic hydroxyl groups is 1. The fourth-order valence-corrected chi connectivity index (χ4v) is 7.21. The molecule has 2 aliphatic heterocycles. The predicted octanol–water partition coefficient (Wildman–Crippen LogP) is 3.48. The summed E-state index contributed by atoms with van der Waals surface area (Å²) in [5.41, 5.74) is -0.0781. The maximum atomic E-state index is 15.3. The Bertz CT molecular complexity index is 1070. The van der Waals surface area contributed by atoms with E-state index in [1.165, 1.54) is 17.8 Å². The fourth-order valence-electron chi connectivity index (χ4n) is 4.13. The first-order chi connectivity index (χ1) is 14.2. The minimum absolute atomic E-state index is 0.119. The molecule has 0 fully saturated rings. The van der Waals surface area contributed by atoms with Crippen LogP contribution in [0.2, 0.25) is 0 Å². The maximum Gasteiger partial charge on any atom is 0.258 e. The summed E-state index contributed by atoms with van der Waals surface area (Å²) in [6.07, 6.45) is -0.277. The van der Waals surface area contributed by atoms with Gasteiger partial charge in [0.25, 0.3) is 10.0 Å². The van der Waals surface area contributed by atoms with Crippen molar-refractivity contribution in [3.05, 3.63) is 56.9 Å². The number of halogens is 2. The van der Waals surface area contributed by atoms with Crippen molar-refractivity contribution >= 4 is 27.6 Å². The van der Waals surface area contributed by atoms with E-state index in [1.807, 2.05) is 6.92 Å². The molecule has 0 aromatic carbocycles. The normalized spacial score (nSPS) is 27.6. The van der Waals surface area contributed by atoms with Crippen LogP contribution in [0.15, 0.2) is 51.3 Å². The van der Waals surface area contributed by atoms with Gasteiger partial charge in [-0.3, -0.25) is 4.72 Å². The van der Waals surface area contributed by atoms with E-state index in [9.17, 15) is 17.9 Å². The monoisotopic (exact) mass is 455 g/mol. The van der Waals surface area contributed by atoms with Gasteiger partial charge in [-0.1, -0.05) is 19.1 Å². The second-order valence-corrected chi connectivity index (χ2v) is 11.0. The van der Waals surface area contributed by atoms with Gasteiger partial charge >= 0.3 is 0 Å². The highest BCUT2D eigenvalue weighted by Gasteiger charge is 2.39. The molecule has 1 aromatic rings. The molecule has 4 atom stereocenters. The van der Waals surface area contributed by atoms with Crippen molar-refractivity contribution in [3.63, 3.8) is 0 Å². The zero-order valence-electron chi connectivity index (χ0n) is 16.5. The zero-order chi connectivity index (χ0) is 21.6. The van der Waals surface area contributed by atoms with Gasteiger partial charge in [0.05, 0.1) is 16.7 Å². The van der Waals surface area contributed by atoms with Crippen molar-refractivity contribution < 1.29 is 22.3 Å². The Hall–Kier alpha value is -1.91. The number of aliphatic hydroxyl groups excluding tert-OH is 1. The van der Waals surface area contributed by atoms with E-state index in [-0.39, 0.29) is 28.8 Å². The van der Waals surface area contributed by atoms with Crippen LogP contribution in [0.4, 0.5) is 14.6 Å². The average Bonchev–Trinajstić information content (AvgIpc) is 3.27. The number of thioether (sulfide) groups is 1. The van der Waals surface area contributed by atoms with Crippen LogP contribution in [-0.2, 0) is 10.0 Å². The van der Waals surface area contributed by atoms with Gasteiger partial charge in [-0.25, -0.2) is 22.2 Å². The fraction of sp³-hybridized carbons (Fsp3) is 0.450. The molecule has 30 heavy (non-hydrogen) atoms. The number of fused-ring (bicyclic) bond motifs is 1. The first kappa shape index (κ1) is 21.3. The summed E-state index contributed by atoms with van der Waals surface area (Å²) < 4.78 is 57.8. The summed E-state index contributed by atoms with van der Waals surface area (Å²) in [7, 11) is -3.97. The van der Waals surface area contributed by atoms with E-state index in [2.05, 4.69) is 15.0 Å². The summed E-state index contributed by atoms with van der Waals surface area (Å²) in [4.78, 5) is 5.05. The highest BCUT2D eigenvalue weighted by atomic mass is 32.2. The van der Waals surface area contributed by atoms with Gasteiger partial charge in [-0.2, -0.15) is 0 Å².